The highest BCUT2D eigenvalue weighted by Gasteiger charge is 2.25. The Morgan fingerprint density at radius 3 is 2.97 bits per heavy atom. The van der Waals surface area contributed by atoms with Crippen LogP contribution < -0.4 is 5.56 Å². The lowest BCUT2D eigenvalue weighted by atomic mass is 9.97. The van der Waals surface area contributed by atoms with Gasteiger partial charge in [0.1, 0.15) is 4.83 Å². The zero-order valence-corrected chi connectivity index (χ0v) is 18.4. The summed E-state index contributed by atoms with van der Waals surface area (Å²) in [5.74, 6) is 0.609. The first-order valence-electron chi connectivity index (χ1n) is 10.5. The third kappa shape index (κ3) is 3.68. The molecule has 7 heteroatoms. The molecule has 154 valence electrons. The van der Waals surface area contributed by atoms with Crippen LogP contribution in [0.3, 0.4) is 0 Å². The van der Waals surface area contributed by atoms with Crippen molar-refractivity contribution >= 4 is 33.3 Å². The van der Waals surface area contributed by atoms with Crippen molar-refractivity contribution in [3.8, 4) is 6.07 Å². The summed E-state index contributed by atoms with van der Waals surface area (Å²) in [5, 5.41) is 11.0. The van der Waals surface area contributed by atoms with Crippen LogP contribution in [0.2, 0.25) is 0 Å². The molecule has 1 atom stereocenters. The van der Waals surface area contributed by atoms with Crippen molar-refractivity contribution in [3.63, 3.8) is 0 Å². The summed E-state index contributed by atoms with van der Waals surface area (Å²) in [6.07, 6.45) is 6.46. The van der Waals surface area contributed by atoms with Crippen LogP contribution in [-0.2, 0) is 29.9 Å². The Labute approximate surface area is 183 Å². The van der Waals surface area contributed by atoms with Crippen LogP contribution in [0, 0.1) is 11.3 Å². The third-order valence-electron chi connectivity index (χ3n) is 5.94. The van der Waals surface area contributed by atoms with Crippen LogP contribution in [-0.4, -0.2) is 22.3 Å². The van der Waals surface area contributed by atoms with Gasteiger partial charge in [-0.2, -0.15) is 5.26 Å². The van der Waals surface area contributed by atoms with Crippen molar-refractivity contribution in [1.82, 2.24) is 9.55 Å². The summed E-state index contributed by atoms with van der Waals surface area (Å²) in [5.41, 5.74) is 2.94. The molecule has 0 radical (unpaired) electrons. The predicted octanol–water partition coefficient (Wildman–Crippen LogP) is 4.68. The highest BCUT2D eigenvalue weighted by atomic mass is 32.2. The number of benzene rings is 1. The first-order valence-corrected chi connectivity index (χ1v) is 12.3. The molecule has 0 bridgehead atoms. The fourth-order valence-electron chi connectivity index (χ4n) is 4.38. The second-order valence-corrected chi connectivity index (χ2v) is 9.92. The Morgan fingerprint density at radius 2 is 2.13 bits per heavy atom. The Hall–Kier alpha value is -2.14. The Kier molecular flexibility index (Phi) is 5.64. The Morgan fingerprint density at radius 1 is 1.27 bits per heavy atom. The van der Waals surface area contributed by atoms with E-state index in [-0.39, 0.29) is 11.7 Å². The molecule has 1 fully saturated rings. The lowest BCUT2D eigenvalue weighted by Crippen LogP contribution is -2.29. The largest absolute Gasteiger partial charge is 0.376 e. The van der Waals surface area contributed by atoms with E-state index in [9.17, 15) is 10.1 Å². The van der Waals surface area contributed by atoms with E-state index in [1.165, 1.54) is 28.6 Å². The third-order valence-corrected chi connectivity index (χ3v) is 8.16. The van der Waals surface area contributed by atoms with E-state index in [4.69, 9.17) is 9.72 Å². The average molecular weight is 438 g/mol. The molecule has 1 aromatic carbocycles. The maximum absolute atomic E-state index is 13.6. The summed E-state index contributed by atoms with van der Waals surface area (Å²) in [7, 11) is 0. The minimum atomic E-state index is 0.0714. The topological polar surface area (TPSA) is 67.9 Å². The first kappa shape index (κ1) is 19.8. The molecule has 0 spiro atoms. The monoisotopic (exact) mass is 437 g/mol. The molecule has 3 heterocycles. The number of ether oxygens (including phenoxy) is 1. The summed E-state index contributed by atoms with van der Waals surface area (Å²) in [6.45, 7) is 1.32. The van der Waals surface area contributed by atoms with Crippen molar-refractivity contribution in [2.24, 2.45) is 0 Å². The van der Waals surface area contributed by atoms with E-state index in [1.807, 2.05) is 28.8 Å². The van der Waals surface area contributed by atoms with Crippen molar-refractivity contribution < 1.29 is 4.74 Å². The highest BCUT2D eigenvalue weighted by molar-refractivity contribution is 7.98. The van der Waals surface area contributed by atoms with Gasteiger partial charge in [0.25, 0.3) is 5.56 Å². The molecule has 5 nitrogen and oxygen atoms in total. The SMILES string of the molecule is N#Cc1ccccc1CSc1nc2sc3c(c2c(=O)n1CC1CCCO1)CCCC3. The zero-order chi connectivity index (χ0) is 20.5. The van der Waals surface area contributed by atoms with Crippen LogP contribution in [0.4, 0.5) is 0 Å². The minimum absolute atomic E-state index is 0.0714. The molecular weight excluding hydrogens is 414 g/mol. The average Bonchev–Trinajstić information content (AvgIpc) is 3.42. The number of nitriles is 1. The van der Waals surface area contributed by atoms with E-state index >= 15 is 0 Å². The van der Waals surface area contributed by atoms with E-state index in [1.54, 1.807) is 11.3 Å². The second kappa shape index (κ2) is 8.54. The number of hydrogen-bond donors (Lipinski definition) is 0. The number of rotatable bonds is 5. The van der Waals surface area contributed by atoms with Gasteiger partial charge < -0.3 is 4.74 Å². The van der Waals surface area contributed by atoms with Crippen molar-refractivity contribution in [3.05, 3.63) is 56.2 Å². The van der Waals surface area contributed by atoms with Gasteiger partial charge in [0.2, 0.25) is 0 Å². The molecule has 0 amide bonds. The molecule has 1 saturated heterocycles. The van der Waals surface area contributed by atoms with Gasteiger partial charge in [-0.1, -0.05) is 30.0 Å². The second-order valence-electron chi connectivity index (χ2n) is 7.89. The molecule has 2 aromatic heterocycles. The van der Waals surface area contributed by atoms with Crippen LogP contribution in [0.1, 0.15) is 47.3 Å². The lowest BCUT2D eigenvalue weighted by molar-refractivity contribution is 0.0937. The normalized spacial score (nSPS) is 18.4. The smallest absolute Gasteiger partial charge is 0.263 e. The summed E-state index contributed by atoms with van der Waals surface area (Å²) in [6, 6.07) is 9.88. The van der Waals surface area contributed by atoms with Crippen LogP contribution in [0.5, 0.6) is 0 Å². The van der Waals surface area contributed by atoms with Crippen LogP contribution in [0.15, 0.2) is 34.2 Å². The van der Waals surface area contributed by atoms with Crippen LogP contribution in [0.25, 0.3) is 10.2 Å². The summed E-state index contributed by atoms with van der Waals surface area (Å²) in [4.78, 5) is 20.8. The molecule has 2 aliphatic rings. The molecule has 30 heavy (non-hydrogen) atoms. The number of hydrogen-bond acceptors (Lipinski definition) is 6. The Balaban J connectivity index is 1.56. The standard InChI is InChI=1S/C23H23N3O2S2/c24-12-15-6-1-2-7-16(15)14-29-23-25-21-20(18-9-3-4-10-19(18)30-21)22(27)26(23)13-17-8-5-11-28-17/h1-2,6-7,17H,3-5,8-11,13-14H2. The number of aryl methyl sites for hydroxylation is 2. The van der Waals surface area contributed by atoms with E-state index < -0.39 is 0 Å². The Bertz CT molecular complexity index is 1190. The van der Waals surface area contributed by atoms with Gasteiger partial charge >= 0.3 is 0 Å². The first-order chi connectivity index (χ1) is 14.7. The van der Waals surface area contributed by atoms with Gasteiger partial charge in [0.15, 0.2) is 5.16 Å². The zero-order valence-electron chi connectivity index (χ0n) is 16.7. The number of nitrogens with zero attached hydrogens (tertiary/aromatic N) is 3. The van der Waals surface area contributed by atoms with Gasteiger partial charge in [-0.25, -0.2) is 4.98 Å². The fraction of sp³-hybridized carbons (Fsp3) is 0.435. The molecular formula is C23H23N3O2S2. The van der Waals surface area contributed by atoms with Crippen molar-refractivity contribution in [2.45, 2.75) is 62.1 Å². The van der Waals surface area contributed by atoms with Gasteiger partial charge in [-0.15, -0.1) is 11.3 Å². The summed E-state index contributed by atoms with van der Waals surface area (Å²) >= 11 is 3.23. The molecule has 1 aliphatic heterocycles. The van der Waals surface area contributed by atoms with E-state index in [0.717, 1.165) is 59.6 Å². The molecule has 1 aliphatic carbocycles. The predicted molar refractivity (Wildman–Crippen MR) is 120 cm³/mol. The fourth-order valence-corrected chi connectivity index (χ4v) is 6.70. The van der Waals surface area contributed by atoms with E-state index in [0.29, 0.717) is 17.9 Å². The molecule has 3 aromatic rings. The molecule has 0 N–H and O–H groups in total. The molecule has 1 unspecified atom stereocenters. The lowest BCUT2D eigenvalue weighted by Gasteiger charge is -2.16. The number of fused-ring (bicyclic) bond motifs is 3. The maximum Gasteiger partial charge on any atom is 0.263 e. The van der Waals surface area contributed by atoms with Crippen molar-refractivity contribution in [1.29, 1.82) is 5.26 Å². The van der Waals surface area contributed by atoms with Gasteiger partial charge in [0, 0.05) is 17.2 Å². The molecule has 0 saturated carbocycles. The quantitative estimate of drug-likeness (QED) is 0.428. The van der Waals surface area contributed by atoms with E-state index in [2.05, 4.69) is 6.07 Å². The maximum atomic E-state index is 13.6. The van der Waals surface area contributed by atoms with Crippen molar-refractivity contribution in [2.75, 3.05) is 6.61 Å². The molecule has 5 rings (SSSR count). The van der Waals surface area contributed by atoms with Gasteiger partial charge in [-0.05, 0) is 55.7 Å². The number of aromatic nitrogens is 2. The highest BCUT2D eigenvalue weighted by Crippen LogP contribution is 2.35. The minimum Gasteiger partial charge on any atom is -0.376 e. The number of thioether (sulfide) groups is 1. The summed E-state index contributed by atoms with van der Waals surface area (Å²) < 4.78 is 7.67. The van der Waals surface area contributed by atoms with Gasteiger partial charge in [-0.3, -0.25) is 9.36 Å². The van der Waals surface area contributed by atoms with Gasteiger partial charge in [0.05, 0.1) is 29.7 Å². The van der Waals surface area contributed by atoms with Crippen LogP contribution >= 0.6 is 23.1 Å². The number of thiophene rings is 1.